The Morgan fingerprint density at radius 2 is 2.20 bits per heavy atom. The molecule has 0 aliphatic heterocycles. The molecule has 3 nitrogen and oxygen atoms in total. The van der Waals surface area contributed by atoms with Crippen molar-refractivity contribution >= 4 is 5.97 Å². The Hall–Kier alpha value is -0.570. The standard InChI is InChI=1S/C7H14NO2/c1-4-5-10-7(9)6-8(2)3/h1,4-6H2,2-3H3. The molecule has 0 bridgehead atoms. The van der Waals surface area contributed by atoms with Crippen LogP contribution in [0.3, 0.4) is 0 Å². The molecule has 0 unspecified atom stereocenters. The van der Waals surface area contributed by atoms with E-state index < -0.39 is 0 Å². The van der Waals surface area contributed by atoms with Gasteiger partial charge in [-0.1, -0.05) is 0 Å². The molecule has 0 rings (SSSR count). The fourth-order valence-electron chi connectivity index (χ4n) is 0.490. The van der Waals surface area contributed by atoms with Crippen LogP contribution < -0.4 is 0 Å². The molecule has 0 aliphatic carbocycles. The van der Waals surface area contributed by atoms with Crippen LogP contribution in [0.1, 0.15) is 6.42 Å². The molecule has 0 spiro atoms. The Labute approximate surface area is 62.0 Å². The molecule has 0 aromatic heterocycles. The monoisotopic (exact) mass is 144 g/mol. The van der Waals surface area contributed by atoms with Gasteiger partial charge in [-0.05, 0) is 27.4 Å². The van der Waals surface area contributed by atoms with Crippen LogP contribution in [0, 0.1) is 6.92 Å². The molecular weight excluding hydrogens is 130 g/mol. The normalized spacial score (nSPS) is 10.0. The Morgan fingerprint density at radius 3 is 2.60 bits per heavy atom. The van der Waals surface area contributed by atoms with Crippen molar-refractivity contribution in [1.82, 2.24) is 4.90 Å². The van der Waals surface area contributed by atoms with E-state index in [-0.39, 0.29) is 5.97 Å². The van der Waals surface area contributed by atoms with E-state index in [4.69, 9.17) is 4.74 Å². The molecule has 0 fully saturated rings. The molecule has 0 amide bonds. The number of hydrogen-bond donors (Lipinski definition) is 0. The highest BCUT2D eigenvalue weighted by molar-refractivity contribution is 5.71. The van der Waals surface area contributed by atoms with Crippen molar-refractivity contribution < 1.29 is 9.53 Å². The highest BCUT2D eigenvalue weighted by atomic mass is 16.5. The van der Waals surface area contributed by atoms with Crippen molar-refractivity contribution in [3.8, 4) is 0 Å². The minimum absolute atomic E-state index is 0.186. The predicted molar refractivity (Wildman–Crippen MR) is 39.5 cm³/mol. The number of likely N-dealkylation sites (N-methyl/N-ethyl adjacent to an activating group) is 1. The maximum atomic E-state index is 10.7. The van der Waals surface area contributed by atoms with E-state index in [1.807, 2.05) is 14.1 Å². The van der Waals surface area contributed by atoms with Crippen molar-refractivity contribution in [3.63, 3.8) is 0 Å². The highest BCUT2D eigenvalue weighted by Gasteiger charge is 2.01. The van der Waals surface area contributed by atoms with Crippen LogP contribution in [-0.2, 0) is 9.53 Å². The maximum absolute atomic E-state index is 10.7. The second-order valence-corrected chi connectivity index (χ2v) is 2.31. The Morgan fingerprint density at radius 1 is 1.60 bits per heavy atom. The third-order valence-electron chi connectivity index (χ3n) is 0.853. The average molecular weight is 144 g/mol. The second-order valence-electron chi connectivity index (χ2n) is 2.31. The van der Waals surface area contributed by atoms with Crippen molar-refractivity contribution in [1.29, 1.82) is 0 Å². The first kappa shape index (κ1) is 9.43. The summed E-state index contributed by atoms with van der Waals surface area (Å²) in [5, 5.41) is 0. The minimum atomic E-state index is -0.186. The summed E-state index contributed by atoms with van der Waals surface area (Å²) >= 11 is 0. The van der Waals surface area contributed by atoms with Crippen LogP contribution in [0.4, 0.5) is 0 Å². The zero-order valence-corrected chi connectivity index (χ0v) is 6.59. The Balaban J connectivity index is 3.26. The number of esters is 1. The van der Waals surface area contributed by atoms with Gasteiger partial charge in [0.25, 0.3) is 0 Å². The molecule has 0 atom stereocenters. The molecule has 59 valence electrons. The summed E-state index contributed by atoms with van der Waals surface area (Å²) in [4.78, 5) is 12.5. The van der Waals surface area contributed by atoms with Crippen molar-refractivity contribution in [2.24, 2.45) is 0 Å². The fourth-order valence-corrected chi connectivity index (χ4v) is 0.490. The molecule has 0 saturated carbocycles. The summed E-state index contributed by atoms with van der Waals surface area (Å²) in [6.07, 6.45) is 0.638. The Bertz CT molecular complexity index is 102. The first-order valence-electron chi connectivity index (χ1n) is 3.26. The van der Waals surface area contributed by atoms with E-state index in [0.717, 1.165) is 0 Å². The quantitative estimate of drug-likeness (QED) is 0.532. The second kappa shape index (κ2) is 5.23. The summed E-state index contributed by atoms with van der Waals surface area (Å²) < 4.78 is 4.76. The lowest BCUT2D eigenvalue weighted by molar-refractivity contribution is -0.144. The molecule has 0 heterocycles. The summed E-state index contributed by atoms with van der Waals surface area (Å²) in [5.41, 5.74) is 0. The molecule has 0 N–H and O–H groups in total. The first-order chi connectivity index (χ1) is 4.66. The predicted octanol–water partition coefficient (Wildman–Crippen LogP) is 0.315. The molecule has 1 radical (unpaired) electrons. The van der Waals surface area contributed by atoms with Gasteiger partial charge in [0, 0.05) is 0 Å². The average Bonchev–Trinajstić information content (AvgIpc) is 1.82. The van der Waals surface area contributed by atoms with Gasteiger partial charge in [0.2, 0.25) is 0 Å². The van der Waals surface area contributed by atoms with Gasteiger partial charge in [0.15, 0.2) is 0 Å². The molecule has 0 aliphatic rings. The summed E-state index contributed by atoms with van der Waals surface area (Å²) in [6, 6.07) is 0. The van der Waals surface area contributed by atoms with Crippen LogP contribution >= 0.6 is 0 Å². The van der Waals surface area contributed by atoms with Crippen LogP contribution in [0.25, 0.3) is 0 Å². The van der Waals surface area contributed by atoms with Gasteiger partial charge in [-0.3, -0.25) is 9.69 Å². The van der Waals surface area contributed by atoms with Gasteiger partial charge in [0.05, 0.1) is 13.2 Å². The topological polar surface area (TPSA) is 29.5 Å². The number of hydrogen-bond acceptors (Lipinski definition) is 3. The maximum Gasteiger partial charge on any atom is 0.320 e. The Kier molecular flexibility index (Phi) is 4.94. The molecule has 0 saturated heterocycles. The van der Waals surface area contributed by atoms with E-state index in [9.17, 15) is 4.79 Å². The number of ether oxygens (including phenoxy) is 1. The highest BCUT2D eigenvalue weighted by Crippen LogP contribution is 1.83. The molecule has 0 aromatic carbocycles. The van der Waals surface area contributed by atoms with Crippen molar-refractivity contribution in [2.75, 3.05) is 27.2 Å². The smallest absolute Gasteiger partial charge is 0.320 e. The molecule has 3 heteroatoms. The number of nitrogens with zero attached hydrogens (tertiary/aromatic N) is 1. The van der Waals surface area contributed by atoms with Crippen LogP contribution in [0.5, 0.6) is 0 Å². The van der Waals surface area contributed by atoms with E-state index in [1.165, 1.54) is 0 Å². The van der Waals surface area contributed by atoms with E-state index in [1.54, 1.807) is 4.90 Å². The molecule has 0 aromatic rings. The van der Waals surface area contributed by atoms with Gasteiger partial charge in [-0.25, -0.2) is 0 Å². The zero-order valence-electron chi connectivity index (χ0n) is 6.59. The number of carbonyl (C=O) groups excluding carboxylic acids is 1. The summed E-state index contributed by atoms with van der Waals surface area (Å²) in [5.74, 6) is -0.186. The summed E-state index contributed by atoms with van der Waals surface area (Å²) in [6.45, 7) is 4.32. The SMILES string of the molecule is [CH2]CCOC(=O)CN(C)C. The van der Waals surface area contributed by atoms with Crippen LogP contribution in [-0.4, -0.2) is 38.1 Å². The van der Waals surface area contributed by atoms with Gasteiger partial charge in [0.1, 0.15) is 0 Å². The lowest BCUT2D eigenvalue weighted by Gasteiger charge is -2.07. The van der Waals surface area contributed by atoms with Gasteiger partial charge in [-0.15, -0.1) is 0 Å². The zero-order chi connectivity index (χ0) is 7.98. The molecular formula is C7H14NO2. The minimum Gasteiger partial charge on any atom is -0.465 e. The van der Waals surface area contributed by atoms with E-state index in [0.29, 0.717) is 19.6 Å². The van der Waals surface area contributed by atoms with Gasteiger partial charge >= 0.3 is 5.97 Å². The fraction of sp³-hybridized carbons (Fsp3) is 0.714. The van der Waals surface area contributed by atoms with E-state index in [2.05, 4.69) is 6.92 Å². The van der Waals surface area contributed by atoms with Crippen LogP contribution in [0.2, 0.25) is 0 Å². The van der Waals surface area contributed by atoms with Crippen LogP contribution in [0.15, 0.2) is 0 Å². The van der Waals surface area contributed by atoms with Gasteiger partial charge in [-0.2, -0.15) is 0 Å². The lowest BCUT2D eigenvalue weighted by Crippen LogP contribution is -2.23. The number of rotatable bonds is 4. The third-order valence-corrected chi connectivity index (χ3v) is 0.853. The van der Waals surface area contributed by atoms with E-state index >= 15 is 0 Å². The van der Waals surface area contributed by atoms with Crippen molar-refractivity contribution in [2.45, 2.75) is 6.42 Å². The summed E-state index contributed by atoms with van der Waals surface area (Å²) in [7, 11) is 3.65. The molecule has 10 heavy (non-hydrogen) atoms. The largest absolute Gasteiger partial charge is 0.465 e. The van der Waals surface area contributed by atoms with Crippen molar-refractivity contribution in [3.05, 3.63) is 6.92 Å². The third kappa shape index (κ3) is 5.56. The lowest BCUT2D eigenvalue weighted by atomic mass is 10.5. The van der Waals surface area contributed by atoms with Gasteiger partial charge < -0.3 is 4.74 Å². The first-order valence-corrected chi connectivity index (χ1v) is 3.26. The number of carbonyl (C=O) groups is 1.